The molecule has 4 aromatic rings. The highest BCUT2D eigenvalue weighted by Gasteiger charge is 2.19. The summed E-state index contributed by atoms with van der Waals surface area (Å²) in [6, 6.07) is 5.37. The Kier molecular flexibility index (Phi) is 5.05. The monoisotopic (exact) mass is 418 g/mol. The topological polar surface area (TPSA) is 122 Å². The summed E-state index contributed by atoms with van der Waals surface area (Å²) in [5.74, 6) is -0.0359. The normalized spacial score (nSPS) is 11.4. The van der Waals surface area contributed by atoms with E-state index in [4.69, 9.17) is 26.5 Å². The van der Waals surface area contributed by atoms with Crippen LogP contribution in [0.4, 0.5) is 5.82 Å². The summed E-state index contributed by atoms with van der Waals surface area (Å²) >= 11 is 7.39. The van der Waals surface area contributed by atoms with Gasteiger partial charge in [0.15, 0.2) is 27.7 Å². The number of oxazole rings is 1. The third-order valence-corrected chi connectivity index (χ3v) is 5.02. The summed E-state index contributed by atoms with van der Waals surface area (Å²) in [7, 11) is 0. The van der Waals surface area contributed by atoms with E-state index in [-0.39, 0.29) is 18.4 Å². The lowest BCUT2D eigenvalue weighted by Crippen LogP contribution is -2.07. The predicted molar refractivity (Wildman–Crippen MR) is 104 cm³/mol. The molecule has 3 heterocycles. The van der Waals surface area contributed by atoms with E-state index >= 15 is 0 Å². The zero-order valence-corrected chi connectivity index (χ0v) is 16.3. The minimum Gasteiger partial charge on any atom is -0.466 e. The number of fused-ring (bicyclic) bond motifs is 2. The van der Waals surface area contributed by atoms with E-state index in [0.717, 1.165) is 0 Å². The van der Waals surface area contributed by atoms with Gasteiger partial charge in [0.1, 0.15) is 11.8 Å². The smallest absolute Gasteiger partial charge is 0.302 e. The number of carbonyl (C=O) groups is 1. The fourth-order valence-corrected chi connectivity index (χ4v) is 3.73. The first kappa shape index (κ1) is 18.5. The number of esters is 1. The summed E-state index contributed by atoms with van der Waals surface area (Å²) in [5.41, 5.74) is 8.20. The maximum Gasteiger partial charge on any atom is 0.302 e. The molecule has 0 fully saturated rings. The molecule has 0 amide bonds. The number of anilines is 1. The second kappa shape index (κ2) is 7.64. The number of nitrogens with two attached hydrogens (primary N) is 1. The molecular weight excluding hydrogens is 404 g/mol. The van der Waals surface area contributed by atoms with Gasteiger partial charge in [-0.05, 0) is 18.6 Å². The number of aryl methyl sites for hydroxylation is 1. The van der Waals surface area contributed by atoms with E-state index in [2.05, 4.69) is 19.9 Å². The van der Waals surface area contributed by atoms with Crippen LogP contribution in [0.1, 0.15) is 13.3 Å². The molecule has 0 aliphatic rings. The molecule has 11 heteroatoms. The van der Waals surface area contributed by atoms with Crippen LogP contribution in [0, 0.1) is 0 Å². The summed E-state index contributed by atoms with van der Waals surface area (Å²) in [6.45, 7) is 2.18. The Morgan fingerprint density at radius 3 is 3.00 bits per heavy atom. The average molecular weight is 419 g/mol. The average Bonchev–Trinajstić information content (AvgIpc) is 3.22. The lowest BCUT2D eigenvalue weighted by Gasteiger charge is -2.07. The minimum absolute atomic E-state index is 0.284. The lowest BCUT2D eigenvalue weighted by molar-refractivity contribution is -0.141. The number of benzene rings is 1. The Labute approximate surface area is 168 Å². The van der Waals surface area contributed by atoms with Crippen LogP contribution >= 0.6 is 23.4 Å². The van der Waals surface area contributed by atoms with Crippen LogP contribution in [0.2, 0.25) is 5.02 Å². The molecule has 0 spiro atoms. The molecule has 0 saturated carbocycles. The van der Waals surface area contributed by atoms with Crippen molar-refractivity contribution in [2.75, 3.05) is 12.3 Å². The number of imidazole rings is 1. The van der Waals surface area contributed by atoms with Gasteiger partial charge in [-0.15, -0.1) is 0 Å². The van der Waals surface area contributed by atoms with Crippen molar-refractivity contribution >= 4 is 57.4 Å². The van der Waals surface area contributed by atoms with E-state index in [9.17, 15) is 4.79 Å². The van der Waals surface area contributed by atoms with Gasteiger partial charge in [0.25, 0.3) is 5.22 Å². The predicted octanol–water partition coefficient (Wildman–Crippen LogP) is 3.31. The second-order valence-electron chi connectivity index (χ2n) is 5.84. The standard InChI is InChI=1S/C17H15ClN6O3S/c1-9(25)26-7-3-6-24-15-12(14(19)20-8-21-15)23-16(24)28-17-22-11-5-2-4-10(18)13(11)27-17/h2,4-5,8H,3,6-7H2,1H3,(H2,19,20,21). The number of nitrogens with zero attached hydrogens (tertiary/aromatic N) is 5. The van der Waals surface area contributed by atoms with Crippen LogP contribution in [0.3, 0.4) is 0 Å². The fourth-order valence-electron chi connectivity index (χ4n) is 2.67. The van der Waals surface area contributed by atoms with Gasteiger partial charge in [-0.2, -0.15) is 0 Å². The Morgan fingerprint density at radius 2 is 2.21 bits per heavy atom. The summed E-state index contributed by atoms with van der Waals surface area (Å²) < 4.78 is 12.6. The Balaban J connectivity index is 1.68. The maximum absolute atomic E-state index is 11.0. The summed E-state index contributed by atoms with van der Waals surface area (Å²) in [6.07, 6.45) is 1.97. The van der Waals surface area contributed by atoms with Crippen LogP contribution in [-0.2, 0) is 16.1 Å². The van der Waals surface area contributed by atoms with Gasteiger partial charge in [-0.1, -0.05) is 17.7 Å². The molecule has 0 bridgehead atoms. The zero-order chi connectivity index (χ0) is 19.7. The number of halogens is 1. The number of hydrogen-bond donors (Lipinski definition) is 1. The largest absolute Gasteiger partial charge is 0.466 e. The van der Waals surface area contributed by atoms with Gasteiger partial charge in [0.05, 0.1) is 11.6 Å². The van der Waals surface area contributed by atoms with Crippen LogP contribution in [0.15, 0.2) is 39.3 Å². The third-order valence-electron chi connectivity index (χ3n) is 3.88. The zero-order valence-electron chi connectivity index (χ0n) is 14.8. The SMILES string of the molecule is CC(=O)OCCCn1c(Sc2nc3cccc(Cl)c3o2)nc2c(N)ncnc21. The van der Waals surface area contributed by atoms with Gasteiger partial charge < -0.3 is 19.5 Å². The highest BCUT2D eigenvalue weighted by atomic mass is 35.5. The number of rotatable bonds is 6. The van der Waals surface area contributed by atoms with Gasteiger partial charge in [0, 0.05) is 25.2 Å². The van der Waals surface area contributed by atoms with E-state index in [1.807, 2.05) is 16.7 Å². The van der Waals surface area contributed by atoms with E-state index < -0.39 is 0 Å². The number of nitrogen functional groups attached to an aromatic ring is 1. The molecule has 0 radical (unpaired) electrons. The van der Waals surface area contributed by atoms with Crippen molar-refractivity contribution in [3.05, 3.63) is 29.5 Å². The van der Waals surface area contributed by atoms with E-state index in [1.165, 1.54) is 25.0 Å². The van der Waals surface area contributed by atoms with E-state index in [1.54, 1.807) is 6.07 Å². The number of para-hydroxylation sites is 1. The third kappa shape index (κ3) is 3.60. The first-order valence-electron chi connectivity index (χ1n) is 8.36. The summed E-state index contributed by atoms with van der Waals surface area (Å²) in [5, 5.41) is 1.47. The van der Waals surface area contributed by atoms with Crippen molar-refractivity contribution in [1.29, 1.82) is 0 Å². The Morgan fingerprint density at radius 1 is 1.36 bits per heavy atom. The molecule has 3 aromatic heterocycles. The quantitative estimate of drug-likeness (QED) is 0.371. The van der Waals surface area contributed by atoms with Crippen LogP contribution in [0.25, 0.3) is 22.3 Å². The molecule has 1 aromatic carbocycles. The van der Waals surface area contributed by atoms with Crippen molar-refractivity contribution in [2.45, 2.75) is 30.3 Å². The van der Waals surface area contributed by atoms with Crippen molar-refractivity contribution in [3.63, 3.8) is 0 Å². The van der Waals surface area contributed by atoms with Crippen LogP contribution in [0.5, 0.6) is 0 Å². The van der Waals surface area contributed by atoms with Crippen molar-refractivity contribution in [1.82, 2.24) is 24.5 Å². The molecule has 0 aliphatic heterocycles. The van der Waals surface area contributed by atoms with Crippen molar-refractivity contribution in [3.8, 4) is 0 Å². The molecular formula is C17H15ClN6O3S. The van der Waals surface area contributed by atoms with Gasteiger partial charge in [-0.3, -0.25) is 4.79 Å². The molecule has 0 unspecified atom stereocenters. The number of ether oxygens (including phenoxy) is 1. The molecule has 0 atom stereocenters. The second-order valence-corrected chi connectivity index (χ2v) is 7.17. The van der Waals surface area contributed by atoms with E-state index in [0.29, 0.717) is 50.6 Å². The Hall–Kier alpha value is -2.85. The fraction of sp³-hybridized carbons (Fsp3) is 0.235. The van der Waals surface area contributed by atoms with Gasteiger partial charge in [-0.25, -0.2) is 19.9 Å². The summed E-state index contributed by atoms with van der Waals surface area (Å²) in [4.78, 5) is 28.2. The van der Waals surface area contributed by atoms with Crippen molar-refractivity contribution in [2.24, 2.45) is 0 Å². The Bertz CT molecular complexity index is 1170. The minimum atomic E-state index is -0.319. The van der Waals surface area contributed by atoms with Gasteiger partial charge >= 0.3 is 5.97 Å². The number of aromatic nitrogens is 5. The molecule has 28 heavy (non-hydrogen) atoms. The van der Waals surface area contributed by atoms with Crippen LogP contribution in [-0.4, -0.2) is 37.1 Å². The first-order chi connectivity index (χ1) is 13.5. The molecule has 144 valence electrons. The highest BCUT2D eigenvalue weighted by molar-refractivity contribution is 7.99. The maximum atomic E-state index is 11.0. The first-order valence-corrected chi connectivity index (χ1v) is 9.55. The number of carbonyl (C=O) groups excluding carboxylic acids is 1. The highest BCUT2D eigenvalue weighted by Crippen LogP contribution is 2.34. The van der Waals surface area contributed by atoms with Gasteiger partial charge in [0.2, 0.25) is 0 Å². The van der Waals surface area contributed by atoms with Crippen molar-refractivity contribution < 1.29 is 13.9 Å². The molecule has 9 nitrogen and oxygen atoms in total. The van der Waals surface area contributed by atoms with Crippen LogP contribution < -0.4 is 5.73 Å². The molecule has 2 N–H and O–H groups in total. The lowest BCUT2D eigenvalue weighted by atomic mass is 10.3. The molecule has 0 saturated heterocycles. The number of hydrogen-bond acceptors (Lipinski definition) is 9. The molecule has 4 rings (SSSR count). The molecule has 0 aliphatic carbocycles.